The van der Waals surface area contributed by atoms with Crippen LogP contribution in [0.2, 0.25) is 0 Å². The molecule has 0 heterocycles. The molecule has 1 saturated carbocycles. The van der Waals surface area contributed by atoms with Crippen LogP contribution >= 0.6 is 15.9 Å². The van der Waals surface area contributed by atoms with Gasteiger partial charge in [-0.25, -0.2) is 0 Å². The third-order valence-electron chi connectivity index (χ3n) is 3.51. The zero-order chi connectivity index (χ0) is 11.4. The molecule has 0 aromatic heterocycles. The quantitative estimate of drug-likeness (QED) is 0.827. The lowest BCUT2D eigenvalue weighted by Gasteiger charge is -2.15. The minimum atomic E-state index is 0.649. The molecule has 16 heavy (non-hydrogen) atoms. The Labute approximate surface area is 107 Å². The number of halogens is 1. The maximum Gasteiger partial charge on any atom is 0.0220 e. The first-order valence-electron chi connectivity index (χ1n) is 6.20. The minimum absolute atomic E-state index is 0.649. The van der Waals surface area contributed by atoms with Gasteiger partial charge in [-0.2, -0.15) is 0 Å². The van der Waals surface area contributed by atoms with E-state index >= 15 is 0 Å². The van der Waals surface area contributed by atoms with Gasteiger partial charge in [-0.15, -0.1) is 0 Å². The van der Waals surface area contributed by atoms with Crippen LogP contribution in [-0.4, -0.2) is 6.54 Å². The van der Waals surface area contributed by atoms with Crippen molar-refractivity contribution in [1.29, 1.82) is 0 Å². The SMILES string of the molecule is CCCC1(CNCc2ccccc2Br)CC1. The minimum Gasteiger partial charge on any atom is -0.312 e. The Morgan fingerprint density at radius 3 is 2.69 bits per heavy atom. The highest BCUT2D eigenvalue weighted by molar-refractivity contribution is 9.10. The van der Waals surface area contributed by atoms with Gasteiger partial charge in [0.05, 0.1) is 0 Å². The number of rotatable bonds is 6. The average molecular weight is 282 g/mol. The molecule has 0 atom stereocenters. The Morgan fingerprint density at radius 2 is 2.06 bits per heavy atom. The van der Waals surface area contributed by atoms with Crippen molar-refractivity contribution in [3.05, 3.63) is 34.3 Å². The summed E-state index contributed by atoms with van der Waals surface area (Å²) in [6, 6.07) is 8.44. The van der Waals surface area contributed by atoms with Crippen molar-refractivity contribution in [2.24, 2.45) is 5.41 Å². The molecule has 0 amide bonds. The predicted octanol–water partition coefficient (Wildman–Crippen LogP) is 4.12. The molecule has 1 aromatic carbocycles. The van der Waals surface area contributed by atoms with Gasteiger partial charge < -0.3 is 5.32 Å². The summed E-state index contributed by atoms with van der Waals surface area (Å²) in [6.45, 7) is 4.45. The van der Waals surface area contributed by atoms with Crippen LogP contribution in [0.3, 0.4) is 0 Å². The van der Waals surface area contributed by atoms with E-state index in [2.05, 4.69) is 52.4 Å². The first kappa shape index (κ1) is 12.1. The molecule has 1 aliphatic rings. The summed E-state index contributed by atoms with van der Waals surface area (Å²) in [5, 5.41) is 3.60. The summed E-state index contributed by atoms with van der Waals surface area (Å²) in [5.41, 5.74) is 2.01. The standard InChI is InChI=1S/C14H20BrN/c1-2-7-14(8-9-14)11-16-10-12-5-3-4-6-13(12)15/h3-6,16H,2,7-11H2,1H3. The fourth-order valence-corrected chi connectivity index (χ4v) is 2.75. The highest BCUT2D eigenvalue weighted by Gasteiger charge is 2.40. The van der Waals surface area contributed by atoms with Crippen LogP contribution in [0, 0.1) is 5.41 Å². The van der Waals surface area contributed by atoms with Gasteiger partial charge in [-0.1, -0.05) is 47.5 Å². The summed E-state index contributed by atoms with van der Waals surface area (Å²) < 4.78 is 1.21. The topological polar surface area (TPSA) is 12.0 Å². The van der Waals surface area contributed by atoms with E-state index in [-0.39, 0.29) is 0 Å². The first-order valence-corrected chi connectivity index (χ1v) is 6.99. The Kier molecular flexibility index (Phi) is 4.04. The Morgan fingerprint density at radius 1 is 1.31 bits per heavy atom. The zero-order valence-corrected chi connectivity index (χ0v) is 11.5. The van der Waals surface area contributed by atoms with Gasteiger partial charge in [0.2, 0.25) is 0 Å². The second-order valence-electron chi connectivity index (χ2n) is 4.94. The Bertz CT molecular complexity index is 344. The molecular weight excluding hydrogens is 262 g/mol. The van der Waals surface area contributed by atoms with Crippen molar-refractivity contribution < 1.29 is 0 Å². The summed E-state index contributed by atoms with van der Waals surface area (Å²) >= 11 is 3.58. The third kappa shape index (κ3) is 3.08. The highest BCUT2D eigenvalue weighted by Crippen LogP contribution is 2.48. The van der Waals surface area contributed by atoms with Crippen LogP contribution in [0.5, 0.6) is 0 Å². The van der Waals surface area contributed by atoms with E-state index in [0.717, 1.165) is 6.54 Å². The largest absolute Gasteiger partial charge is 0.312 e. The lowest BCUT2D eigenvalue weighted by molar-refractivity contribution is 0.420. The van der Waals surface area contributed by atoms with E-state index in [0.29, 0.717) is 5.41 Å². The van der Waals surface area contributed by atoms with Gasteiger partial charge in [0.15, 0.2) is 0 Å². The molecule has 1 aliphatic carbocycles. The molecule has 0 bridgehead atoms. The molecule has 0 spiro atoms. The second-order valence-corrected chi connectivity index (χ2v) is 5.80. The van der Waals surface area contributed by atoms with E-state index in [9.17, 15) is 0 Å². The smallest absolute Gasteiger partial charge is 0.0220 e. The predicted molar refractivity (Wildman–Crippen MR) is 72.4 cm³/mol. The molecule has 88 valence electrons. The molecule has 0 saturated heterocycles. The van der Waals surface area contributed by atoms with Crippen molar-refractivity contribution in [2.75, 3.05) is 6.54 Å². The fourth-order valence-electron chi connectivity index (χ4n) is 2.33. The average Bonchev–Trinajstić information content (AvgIpc) is 3.02. The van der Waals surface area contributed by atoms with E-state index in [4.69, 9.17) is 0 Å². The van der Waals surface area contributed by atoms with E-state index in [1.807, 2.05) is 0 Å². The Hall–Kier alpha value is -0.340. The normalized spacial score (nSPS) is 17.4. The highest BCUT2D eigenvalue weighted by atomic mass is 79.9. The van der Waals surface area contributed by atoms with E-state index < -0.39 is 0 Å². The van der Waals surface area contributed by atoms with Crippen molar-refractivity contribution in [1.82, 2.24) is 5.32 Å². The lowest BCUT2D eigenvalue weighted by atomic mass is 10.0. The van der Waals surface area contributed by atoms with Crippen LogP contribution in [0.1, 0.15) is 38.2 Å². The van der Waals surface area contributed by atoms with Crippen molar-refractivity contribution in [3.8, 4) is 0 Å². The molecule has 1 N–H and O–H groups in total. The summed E-state index contributed by atoms with van der Waals surface area (Å²) in [4.78, 5) is 0. The lowest BCUT2D eigenvalue weighted by Crippen LogP contribution is -2.23. The van der Waals surface area contributed by atoms with Crippen LogP contribution < -0.4 is 5.32 Å². The number of hydrogen-bond acceptors (Lipinski definition) is 1. The number of hydrogen-bond donors (Lipinski definition) is 1. The number of benzene rings is 1. The van der Waals surface area contributed by atoms with Crippen LogP contribution in [0.25, 0.3) is 0 Å². The Balaban J connectivity index is 1.78. The van der Waals surface area contributed by atoms with Crippen LogP contribution in [0.15, 0.2) is 28.7 Å². The van der Waals surface area contributed by atoms with Gasteiger partial charge in [-0.05, 0) is 36.3 Å². The van der Waals surface area contributed by atoms with Crippen molar-refractivity contribution in [3.63, 3.8) is 0 Å². The van der Waals surface area contributed by atoms with Gasteiger partial charge in [0.1, 0.15) is 0 Å². The van der Waals surface area contributed by atoms with Crippen LogP contribution in [0.4, 0.5) is 0 Å². The van der Waals surface area contributed by atoms with Gasteiger partial charge in [0.25, 0.3) is 0 Å². The summed E-state index contributed by atoms with van der Waals surface area (Å²) in [6.07, 6.45) is 5.54. The maximum absolute atomic E-state index is 3.60. The van der Waals surface area contributed by atoms with Gasteiger partial charge in [0, 0.05) is 17.6 Å². The molecule has 1 fully saturated rings. The summed E-state index contributed by atoms with van der Waals surface area (Å²) in [7, 11) is 0. The maximum atomic E-state index is 3.60. The van der Waals surface area contributed by atoms with E-state index in [1.54, 1.807) is 0 Å². The van der Waals surface area contributed by atoms with E-state index in [1.165, 1.54) is 42.3 Å². The summed E-state index contributed by atoms with van der Waals surface area (Å²) in [5.74, 6) is 0. The van der Waals surface area contributed by atoms with Gasteiger partial charge in [-0.3, -0.25) is 0 Å². The van der Waals surface area contributed by atoms with Crippen LogP contribution in [-0.2, 0) is 6.54 Å². The molecule has 1 aromatic rings. The van der Waals surface area contributed by atoms with Crippen molar-refractivity contribution in [2.45, 2.75) is 39.2 Å². The van der Waals surface area contributed by atoms with Gasteiger partial charge >= 0.3 is 0 Å². The molecule has 0 radical (unpaired) electrons. The monoisotopic (exact) mass is 281 g/mol. The second kappa shape index (κ2) is 5.33. The number of nitrogens with one attached hydrogen (secondary N) is 1. The molecule has 0 unspecified atom stereocenters. The molecule has 0 aliphatic heterocycles. The first-order chi connectivity index (χ1) is 7.76. The third-order valence-corrected chi connectivity index (χ3v) is 4.28. The fraction of sp³-hybridized carbons (Fsp3) is 0.571. The molecule has 1 nitrogen and oxygen atoms in total. The molecular formula is C14H20BrN. The molecule has 2 heteroatoms. The van der Waals surface area contributed by atoms with Crippen molar-refractivity contribution >= 4 is 15.9 Å². The molecule has 2 rings (SSSR count). The zero-order valence-electron chi connectivity index (χ0n) is 9.93.